The largest absolute Gasteiger partial charge is 0.497 e. The molecule has 0 unspecified atom stereocenters. The smallest absolute Gasteiger partial charge is 0.231 e. The first-order valence-corrected chi connectivity index (χ1v) is 11.2. The predicted molar refractivity (Wildman–Crippen MR) is 129 cm³/mol. The van der Waals surface area contributed by atoms with Crippen molar-refractivity contribution in [2.24, 2.45) is 0 Å². The lowest BCUT2D eigenvalue weighted by Gasteiger charge is -2.10. The van der Waals surface area contributed by atoms with E-state index in [-0.39, 0.29) is 18.9 Å². The predicted octanol–water partition coefficient (Wildman–Crippen LogP) is 2.94. The van der Waals surface area contributed by atoms with Crippen molar-refractivity contribution in [3.63, 3.8) is 0 Å². The number of carbonyl (C=O) groups excluding carboxylic acids is 1. The van der Waals surface area contributed by atoms with Crippen molar-refractivity contribution in [2.75, 3.05) is 34.0 Å². The van der Waals surface area contributed by atoms with Crippen molar-refractivity contribution in [1.82, 2.24) is 25.1 Å². The summed E-state index contributed by atoms with van der Waals surface area (Å²) in [7, 11) is 3.18. The fraction of sp³-hybridized carbons (Fsp3) is 0.280. The van der Waals surface area contributed by atoms with Gasteiger partial charge in [0.1, 0.15) is 23.9 Å². The maximum atomic E-state index is 12.2. The first kappa shape index (κ1) is 23.8. The minimum absolute atomic E-state index is 0.0904. The Hall–Kier alpha value is -4.34. The Morgan fingerprint density at radius 2 is 1.74 bits per heavy atom. The number of nitrogens with one attached hydrogen (secondary N) is 1. The van der Waals surface area contributed by atoms with Gasteiger partial charge in [-0.2, -0.15) is 4.52 Å². The van der Waals surface area contributed by atoms with E-state index in [0.29, 0.717) is 47.6 Å². The molecule has 1 amide bonds. The zero-order valence-electron chi connectivity index (χ0n) is 19.9. The van der Waals surface area contributed by atoms with Crippen molar-refractivity contribution in [2.45, 2.75) is 13.3 Å². The molecule has 0 saturated heterocycles. The summed E-state index contributed by atoms with van der Waals surface area (Å²) in [5, 5.41) is 15.8. The van der Waals surface area contributed by atoms with Gasteiger partial charge in [0.05, 0.1) is 39.4 Å². The molecule has 0 aliphatic rings. The third-order valence-electron chi connectivity index (χ3n) is 5.16. The molecule has 1 N–H and O–H groups in total. The fourth-order valence-corrected chi connectivity index (χ4v) is 3.47. The molecule has 35 heavy (non-hydrogen) atoms. The van der Waals surface area contributed by atoms with Gasteiger partial charge < -0.3 is 24.3 Å². The number of fused-ring (bicyclic) bond motifs is 1. The molecule has 0 spiro atoms. The zero-order valence-corrected chi connectivity index (χ0v) is 19.9. The molecule has 10 heteroatoms. The highest BCUT2D eigenvalue weighted by atomic mass is 16.5. The molecule has 2 aromatic heterocycles. The van der Waals surface area contributed by atoms with Crippen LogP contribution in [0.3, 0.4) is 0 Å². The number of amides is 1. The first-order valence-electron chi connectivity index (χ1n) is 11.2. The van der Waals surface area contributed by atoms with Crippen LogP contribution in [0.1, 0.15) is 12.5 Å². The number of hydrogen-bond acceptors (Lipinski definition) is 8. The van der Waals surface area contributed by atoms with E-state index in [1.54, 1.807) is 43.0 Å². The summed E-state index contributed by atoms with van der Waals surface area (Å²) in [4.78, 5) is 12.2. The molecular formula is C25H27N5O5. The Kier molecular flexibility index (Phi) is 7.61. The van der Waals surface area contributed by atoms with Crippen LogP contribution in [0, 0.1) is 0 Å². The minimum atomic E-state index is -0.0904. The van der Waals surface area contributed by atoms with E-state index in [1.165, 1.54) is 0 Å². The summed E-state index contributed by atoms with van der Waals surface area (Å²) in [5.74, 6) is 2.84. The van der Waals surface area contributed by atoms with E-state index < -0.39 is 0 Å². The van der Waals surface area contributed by atoms with E-state index >= 15 is 0 Å². The molecule has 0 atom stereocenters. The van der Waals surface area contributed by atoms with Crippen LogP contribution in [0.25, 0.3) is 17.0 Å². The van der Waals surface area contributed by atoms with Gasteiger partial charge in [-0.15, -0.1) is 15.3 Å². The number of aromatic nitrogens is 4. The number of methoxy groups -OCH3 is 2. The van der Waals surface area contributed by atoms with Gasteiger partial charge >= 0.3 is 0 Å². The van der Waals surface area contributed by atoms with Gasteiger partial charge in [0.2, 0.25) is 11.8 Å². The SMILES string of the molecule is CCOc1ccc(CC(=O)NCCOc2ccc3nnc(-c4cc(OC)ccc4OC)n3n2)cc1. The van der Waals surface area contributed by atoms with Gasteiger partial charge in [-0.25, -0.2) is 0 Å². The molecule has 0 bridgehead atoms. The molecule has 0 fully saturated rings. The number of hydrogen-bond donors (Lipinski definition) is 1. The van der Waals surface area contributed by atoms with Crippen LogP contribution in [-0.4, -0.2) is 59.7 Å². The summed E-state index contributed by atoms with van der Waals surface area (Å²) in [6, 6.07) is 16.4. The van der Waals surface area contributed by atoms with E-state index in [4.69, 9.17) is 18.9 Å². The van der Waals surface area contributed by atoms with Crippen LogP contribution in [0.2, 0.25) is 0 Å². The second-order valence-corrected chi connectivity index (χ2v) is 7.48. The second kappa shape index (κ2) is 11.2. The van der Waals surface area contributed by atoms with Crippen molar-refractivity contribution in [1.29, 1.82) is 0 Å². The molecular weight excluding hydrogens is 450 g/mol. The summed E-state index contributed by atoms with van der Waals surface area (Å²) in [5.41, 5.74) is 2.15. The van der Waals surface area contributed by atoms with E-state index in [9.17, 15) is 4.79 Å². The van der Waals surface area contributed by atoms with Gasteiger partial charge in [0.15, 0.2) is 11.5 Å². The Morgan fingerprint density at radius 1 is 0.943 bits per heavy atom. The van der Waals surface area contributed by atoms with Gasteiger partial charge in [-0.1, -0.05) is 12.1 Å². The van der Waals surface area contributed by atoms with Crippen LogP contribution in [0.5, 0.6) is 23.1 Å². The van der Waals surface area contributed by atoms with Crippen LogP contribution in [-0.2, 0) is 11.2 Å². The van der Waals surface area contributed by atoms with E-state index in [2.05, 4.69) is 20.6 Å². The minimum Gasteiger partial charge on any atom is -0.497 e. The first-order chi connectivity index (χ1) is 17.1. The maximum Gasteiger partial charge on any atom is 0.231 e. The monoisotopic (exact) mass is 477 g/mol. The van der Waals surface area contributed by atoms with Gasteiger partial charge in [-0.3, -0.25) is 4.79 Å². The van der Waals surface area contributed by atoms with Crippen LogP contribution < -0.4 is 24.3 Å². The number of benzene rings is 2. The molecule has 4 rings (SSSR count). The molecule has 0 radical (unpaired) electrons. The van der Waals surface area contributed by atoms with Crippen LogP contribution in [0.4, 0.5) is 0 Å². The van der Waals surface area contributed by atoms with Crippen LogP contribution >= 0.6 is 0 Å². The Balaban J connectivity index is 1.36. The van der Waals surface area contributed by atoms with E-state index in [0.717, 1.165) is 11.3 Å². The number of rotatable bonds is 11. The summed E-state index contributed by atoms with van der Waals surface area (Å²) in [6.07, 6.45) is 0.281. The maximum absolute atomic E-state index is 12.2. The Labute approximate surface area is 202 Å². The van der Waals surface area contributed by atoms with Gasteiger partial charge in [-0.05, 0) is 48.9 Å². The Bertz CT molecular complexity index is 1290. The molecule has 182 valence electrons. The average molecular weight is 478 g/mol. The van der Waals surface area contributed by atoms with E-state index in [1.807, 2.05) is 37.3 Å². The third kappa shape index (κ3) is 5.78. The van der Waals surface area contributed by atoms with Crippen molar-refractivity contribution >= 4 is 11.6 Å². The topological polar surface area (TPSA) is 109 Å². The highest BCUT2D eigenvalue weighted by Crippen LogP contribution is 2.32. The summed E-state index contributed by atoms with van der Waals surface area (Å²) >= 11 is 0. The lowest BCUT2D eigenvalue weighted by atomic mass is 10.1. The zero-order chi connectivity index (χ0) is 24.6. The number of nitrogens with zero attached hydrogens (tertiary/aromatic N) is 4. The van der Waals surface area contributed by atoms with Crippen molar-refractivity contribution in [3.05, 3.63) is 60.2 Å². The molecule has 4 aromatic rings. The highest BCUT2D eigenvalue weighted by Gasteiger charge is 2.16. The second-order valence-electron chi connectivity index (χ2n) is 7.48. The molecule has 2 aromatic carbocycles. The van der Waals surface area contributed by atoms with Gasteiger partial charge in [0, 0.05) is 6.07 Å². The van der Waals surface area contributed by atoms with Crippen LogP contribution in [0.15, 0.2) is 54.6 Å². The lowest BCUT2D eigenvalue weighted by Crippen LogP contribution is -2.29. The molecule has 0 aliphatic carbocycles. The lowest BCUT2D eigenvalue weighted by molar-refractivity contribution is -0.120. The third-order valence-corrected chi connectivity index (χ3v) is 5.16. The quantitative estimate of drug-likeness (QED) is 0.329. The molecule has 0 saturated carbocycles. The normalized spacial score (nSPS) is 10.7. The van der Waals surface area contributed by atoms with Gasteiger partial charge in [0.25, 0.3) is 0 Å². The fourth-order valence-electron chi connectivity index (χ4n) is 3.47. The molecule has 10 nitrogen and oxygen atoms in total. The molecule has 2 heterocycles. The standard InChI is InChI=1S/C25H27N5O5/c1-4-34-18-7-5-17(6-8-18)15-23(31)26-13-14-35-24-12-11-22-27-28-25(30(22)29-24)20-16-19(32-2)9-10-21(20)33-3/h5-12,16H,4,13-15H2,1-3H3,(H,26,31). The molecule has 0 aliphatic heterocycles. The summed E-state index contributed by atoms with van der Waals surface area (Å²) in [6.45, 7) is 3.14. The van der Waals surface area contributed by atoms with Crippen molar-refractivity contribution in [3.8, 4) is 34.5 Å². The number of ether oxygens (including phenoxy) is 4. The van der Waals surface area contributed by atoms with Crippen molar-refractivity contribution < 1.29 is 23.7 Å². The number of carbonyl (C=O) groups is 1. The average Bonchev–Trinajstić information content (AvgIpc) is 3.30. The highest BCUT2D eigenvalue weighted by molar-refractivity contribution is 5.78. The summed E-state index contributed by atoms with van der Waals surface area (Å²) < 4.78 is 23.5. The Morgan fingerprint density at radius 3 is 2.49 bits per heavy atom.